The first-order valence-corrected chi connectivity index (χ1v) is 10.8. The molecule has 0 radical (unpaired) electrons. The standard InChI is InChI=1S/C24H32N6O2.HI/c1-19-28-29-23(30(19)2)17-27-24(25-14-13-20-9-11-22(31-3)12-10-20)26-15-16-32-18-21-7-5-4-6-8-21;/h4-12H,13-18H2,1-3H3,(H2,25,26,27);1H. The summed E-state index contributed by atoms with van der Waals surface area (Å²) < 4.78 is 12.9. The van der Waals surface area contributed by atoms with Crippen molar-refractivity contribution in [3.8, 4) is 5.75 Å². The molecule has 8 nitrogen and oxygen atoms in total. The molecule has 3 aromatic rings. The third-order valence-corrected chi connectivity index (χ3v) is 5.08. The van der Waals surface area contributed by atoms with E-state index in [1.54, 1.807) is 7.11 Å². The van der Waals surface area contributed by atoms with Crippen LogP contribution < -0.4 is 15.4 Å². The van der Waals surface area contributed by atoms with Gasteiger partial charge in [0.25, 0.3) is 0 Å². The molecule has 33 heavy (non-hydrogen) atoms. The summed E-state index contributed by atoms with van der Waals surface area (Å²) >= 11 is 0. The number of nitrogens with zero attached hydrogens (tertiary/aromatic N) is 4. The average Bonchev–Trinajstić information content (AvgIpc) is 3.15. The van der Waals surface area contributed by atoms with Gasteiger partial charge in [0.2, 0.25) is 0 Å². The molecule has 2 aromatic carbocycles. The average molecular weight is 564 g/mol. The molecule has 0 saturated carbocycles. The Balaban J connectivity index is 0.00000385. The molecule has 0 aliphatic heterocycles. The second kappa shape index (κ2) is 14.5. The number of aromatic nitrogens is 3. The summed E-state index contributed by atoms with van der Waals surface area (Å²) in [7, 11) is 3.62. The van der Waals surface area contributed by atoms with Gasteiger partial charge in [0.05, 0.1) is 20.3 Å². The highest BCUT2D eigenvalue weighted by Crippen LogP contribution is 2.11. The molecule has 0 aliphatic carbocycles. The van der Waals surface area contributed by atoms with Crippen LogP contribution in [0.15, 0.2) is 59.6 Å². The van der Waals surface area contributed by atoms with E-state index in [0.29, 0.717) is 26.3 Å². The molecule has 0 fully saturated rings. The van der Waals surface area contributed by atoms with Gasteiger partial charge in [-0.1, -0.05) is 42.5 Å². The lowest BCUT2D eigenvalue weighted by molar-refractivity contribution is 0.125. The number of ether oxygens (including phenoxy) is 2. The van der Waals surface area contributed by atoms with Gasteiger partial charge >= 0.3 is 0 Å². The van der Waals surface area contributed by atoms with Gasteiger partial charge in [-0.2, -0.15) is 0 Å². The zero-order chi connectivity index (χ0) is 22.6. The summed E-state index contributed by atoms with van der Waals surface area (Å²) in [6.07, 6.45) is 0.873. The van der Waals surface area contributed by atoms with Crippen LogP contribution in [0.3, 0.4) is 0 Å². The van der Waals surface area contributed by atoms with Crippen molar-refractivity contribution in [3.63, 3.8) is 0 Å². The predicted octanol–water partition coefficient (Wildman–Crippen LogP) is 3.24. The fourth-order valence-corrected chi connectivity index (χ4v) is 3.04. The van der Waals surface area contributed by atoms with E-state index in [1.807, 2.05) is 48.9 Å². The SMILES string of the molecule is COc1ccc(CCNC(=NCc2nnc(C)n2C)NCCOCc2ccccc2)cc1.I. The smallest absolute Gasteiger partial charge is 0.191 e. The Bertz CT molecular complexity index is 976. The van der Waals surface area contributed by atoms with E-state index in [1.165, 1.54) is 5.56 Å². The number of guanidine groups is 1. The molecule has 0 unspecified atom stereocenters. The molecular weight excluding hydrogens is 531 g/mol. The van der Waals surface area contributed by atoms with Crippen molar-refractivity contribution >= 4 is 29.9 Å². The van der Waals surface area contributed by atoms with Crippen molar-refractivity contribution in [1.82, 2.24) is 25.4 Å². The lowest BCUT2D eigenvalue weighted by atomic mass is 10.1. The number of benzene rings is 2. The Kier molecular flexibility index (Phi) is 11.7. The fraction of sp³-hybridized carbons (Fsp3) is 0.375. The Morgan fingerprint density at radius 1 is 0.970 bits per heavy atom. The summed E-state index contributed by atoms with van der Waals surface area (Å²) in [6, 6.07) is 18.3. The molecule has 0 bridgehead atoms. The molecule has 178 valence electrons. The fourth-order valence-electron chi connectivity index (χ4n) is 3.04. The number of aryl methyl sites for hydroxylation is 1. The third kappa shape index (κ3) is 9.01. The van der Waals surface area contributed by atoms with Gasteiger partial charge in [0.1, 0.15) is 18.1 Å². The summed E-state index contributed by atoms with van der Waals surface area (Å²) in [4.78, 5) is 4.68. The minimum Gasteiger partial charge on any atom is -0.497 e. The van der Waals surface area contributed by atoms with Crippen LogP contribution >= 0.6 is 24.0 Å². The van der Waals surface area contributed by atoms with Crippen LogP contribution in [0.5, 0.6) is 5.75 Å². The highest BCUT2D eigenvalue weighted by Gasteiger charge is 2.05. The normalized spacial score (nSPS) is 11.1. The van der Waals surface area contributed by atoms with Gasteiger partial charge in [-0.25, -0.2) is 4.99 Å². The predicted molar refractivity (Wildman–Crippen MR) is 141 cm³/mol. The van der Waals surface area contributed by atoms with Crippen LogP contribution in [0, 0.1) is 6.92 Å². The quantitative estimate of drug-likeness (QED) is 0.161. The van der Waals surface area contributed by atoms with E-state index in [0.717, 1.165) is 41.9 Å². The molecule has 3 rings (SSSR count). The zero-order valence-corrected chi connectivity index (χ0v) is 21.8. The maximum Gasteiger partial charge on any atom is 0.191 e. The Hall–Kier alpha value is -2.66. The Morgan fingerprint density at radius 2 is 1.70 bits per heavy atom. The van der Waals surface area contributed by atoms with E-state index in [2.05, 4.69) is 50.1 Å². The van der Waals surface area contributed by atoms with Gasteiger partial charge < -0.3 is 24.7 Å². The Morgan fingerprint density at radius 3 is 2.36 bits per heavy atom. The first-order valence-electron chi connectivity index (χ1n) is 10.8. The van der Waals surface area contributed by atoms with Gasteiger partial charge in [-0.15, -0.1) is 34.2 Å². The largest absolute Gasteiger partial charge is 0.497 e. The maximum absolute atomic E-state index is 5.77. The van der Waals surface area contributed by atoms with Gasteiger partial charge in [0.15, 0.2) is 11.8 Å². The molecule has 1 heterocycles. The molecule has 0 aliphatic rings. The number of hydrogen-bond acceptors (Lipinski definition) is 5. The first kappa shape index (κ1) is 26.6. The first-order chi connectivity index (χ1) is 15.7. The zero-order valence-electron chi connectivity index (χ0n) is 19.5. The third-order valence-electron chi connectivity index (χ3n) is 5.08. The Labute approximate surface area is 212 Å². The molecule has 1 aromatic heterocycles. The highest BCUT2D eigenvalue weighted by atomic mass is 127. The molecule has 9 heteroatoms. The summed E-state index contributed by atoms with van der Waals surface area (Å²) in [5, 5.41) is 15.0. The molecular formula is C24H33IN6O2. The second-order valence-electron chi connectivity index (χ2n) is 7.38. The number of hydrogen-bond donors (Lipinski definition) is 2. The van der Waals surface area contributed by atoms with E-state index < -0.39 is 0 Å². The minimum atomic E-state index is 0. The lowest BCUT2D eigenvalue weighted by Gasteiger charge is -2.13. The van der Waals surface area contributed by atoms with Crippen LogP contribution in [-0.2, 0) is 31.4 Å². The molecule has 0 spiro atoms. The topological polar surface area (TPSA) is 85.6 Å². The lowest BCUT2D eigenvalue weighted by Crippen LogP contribution is -2.40. The van der Waals surface area contributed by atoms with Crippen LogP contribution in [-0.4, -0.2) is 47.5 Å². The van der Waals surface area contributed by atoms with E-state index in [9.17, 15) is 0 Å². The van der Waals surface area contributed by atoms with Crippen LogP contribution in [0.2, 0.25) is 0 Å². The van der Waals surface area contributed by atoms with E-state index in [-0.39, 0.29) is 24.0 Å². The summed E-state index contributed by atoms with van der Waals surface area (Å²) in [5.41, 5.74) is 2.39. The monoisotopic (exact) mass is 564 g/mol. The van der Waals surface area contributed by atoms with Crippen molar-refractivity contribution in [1.29, 1.82) is 0 Å². The molecule has 0 atom stereocenters. The molecule has 0 saturated heterocycles. The number of nitrogens with one attached hydrogen (secondary N) is 2. The van der Waals surface area contributed by atoms with Gasteiger partial charge in [-0.05, 0) is 36.6 Å². The van der Waals surface area contributed by atoms with Crippen molar-refractivity contribution in [2.45, 2.75) is 26.5 Å². The van der Waals surface area contributed by atoms with Crippen molar-refractivity contribution in [2.75, 3.05) is 26.8 Å². The number of methoxy groups -OCH3 is 1. The van der Waals surface area contributed by atoms with Crippen molar-refractivity contribution in [2.24, 2.45) is 12.0 Å². The molecule has 2 N–H and O–H groups in total. The minimum absolute atomic E-state index is 0. The van der Waals surface area contributed by atoms with Gasteiger partial charge in [0, 0.05) is 20.1 Å². The van der Waals surface area contributed by atoms with E-state index >= 15 is 0 Å². The second-order valence-corrected chi connectivity index (χ2v) is 7.38. The summed E-state index contributed by atoms with van der Waals surface area (Å²) in [6.45, 7) is 4.95. The maximum atomic E-state index is 5.77. The van der Waals surface area contributed by atoms with Crippen molar-refractivity contribution < 1.29 is 9.47 Å². The van der Waals surface area contributed by atoms with E-state index in [4.69, 9.17) is 9.47 Å². The van der Waals surface area contributed by atoms with Crippen LogP contribution in [0.25, 0.3) is 0 Å². The number of halogens is 1. The van der Waals surface area contributed by atoms with Crippen LogP contribution in [0.1, 0.15) is 22.8 Å². The number of rotatable bonds is 11. The molecule has 0 amide bonds. The summed E-state index contributed by atoms with van der Waals surface area (Å²) in [5.74, 6) is 3.27. The van der Waals surface area contributed by atoms with Gasteiger partial charge in [-0.3, -0.25) is 0 Å². The highest BCUT2D eigenvalue weighted by molar-refractivity contribution is 14.0. The number of aliphatic imine (C=N–C) groups is 1. The van der Waals surface area contributed by atoms with Crippen molar-refractivity contribution in [3.05, 3.63) is 77.4 Å². The van der Waals surface area contributed by atoms with Crippen LogP contribution in [0.4, 0.5) is 0 Å².